The van der Waals surface area contributed by atoms with Crippen molar-refractivity contribution in [2.45, 2.75) is 26.7 Å². The van der Waals surface area contributed by atoms with E-state index in [9.17, 15) is 14.4 Å². The van der Waals surface area contributed by atoms with Gasteiger partial charge < -0.3 is 15.6 Å². The first-order valence-corrected chi connectivity index (χ1v) is 10.1. The maximum absolute atomic E-state index is 12.3. The third kappa shape index (κ3) is 4.82. The van der Waals surface area contributed by atoms with E-state index in [1.807, 2.05) is 17.5 Å². The molecular weight excluding hydrogens is 400 g/mol. The summed E-state index contributed by atoms with van der Waals surface area (Å²) < 4.78 is 0. The van der Waals surface area contributed by atoms with Crippen LogP contribution in [0, 0.1) is 25.2 Å². The molecule has 2 aromatic heterocycles. The first-order chi connectivity index (χ1) is 14.4. The largest absolute Gasteiger partial charge is 0.326 e. The summed E-state index contributed by atoms with van der Waals surface area (Å²) in [5, 5.41) is 16.6. The van der Waals surface area contributed by atoms with E-state index in [0.717, 1.165) is 5.56 Å². The van der Waals surface area contributed by atoms with Gasteiger partial charge in [-0.2, -0.15) is 5.26 Å². The van der Waals surface area contributed by atoms with E-state index in [-0.39, 0.29) is 23.8 Å². The second-order valence-electron chi connectivity index (χ2n) is 6.73. The van der Waals surface area contributed by atoms with Gasteiger partial charge in [-0.3, -0.25) is 14.4 Å². The molecule has 3 aromatic rings. The molecule has 2 heterocycles. The quantitative estimate of drug-likeness (QED) is 0.563. The number of nitrogens with one attached hydrogen (secondary N) is 3. The molecule has 0 bridgehead atoms. The topological polar surface area (TPSA) is 115 Å². The molecule has 0 saturated carbocycles. The number of hydrogen-bond donors (Lipinski definition) is 3. The molecule has 0 spiro atoms. The number of pyridine rings is 1. The highest BCUT2D eigenvalue weighted by molar-refractivity contribution is 7.12. The van der Waals surface area contributed by atoms with Gasteiger partial charge in [-0.15, -0.1) is 11.3 Å². The highest BCUT2D eigenvalue weighted by atomic mass is 32.1. The predicted octanol–water partition coefficient (Wildman–Crippen LogP) is 3.75. The van der Waals surface area contributed by atoms with Crippen LogP contribution in [-0.4, -0.2) is 16.8 Å². The van der Waals surface area contributed by atoms with E-state index in [4.69, 9.17) is 5.26 Å². The van der Waals surface area contributed by atoms with E-state index < -0.39 is 5.56 Å². The van der Waals surface area contributed by atoms with Crippen LogP contribution in [0.1, 0.15) is 38.5 Å². The van der Waals surface area contributed by atoms with Gasteiger partial charge in [-0.05, 0) is 67.1 Å². The van der Waals surface area contributed by atoms with Crippen LogP contribution in [0.15, 0.2) is 46.6 Å². The molecule has 2 amide bonds. The molecule has 8 heteroatoms. The monoisotopic (exact) mass is 420 g/mol. The van der Waals surface area contributed by atoms with E-state index in [0.29, 0.717) is 33.9 Å². The Morgan fingerprint density at radius 3 is 2.37 bits per heavy atom. The number of carbonyl (C=O) groups is 2. The number of rotatable bonds is 6. The molecule has 0 atom stereocenters. The zero-order chi connectivity index (χ0) is 21.7. The molecule has 0 aliphatic carbocycles. The summed E-state index contributed by atoms with van der Waals surface area (Å²) in [6, 6.07) is 12.3. The number of aromatic nitrogens is 1. The predicted molar refractivity (Wildman–Crippen MR) is 117 cm³/mol. The maximum Gasteiger partial charge on any atom is 0.266 e. The zero-order valence-corrected chi connectivity index (χ0v) is 17.4. The summed E-state index contributed by atoms with van der Waals surface area (Å²) in [5.74, 6) is -0.362. The van der Waals surface area contributed by atoms with Gasteiger partial charge in [0, 0.05) is 23.5 Å². The number of benzene rings is 1. The van der Waals surface area contributed by atoms with Gasteiger partial charge in [0.15, 0.2) is 0 Å². The Hall–Kier alpha value is -3.70. The number of aromatic amines is 1. The third-order valence-electron chi connectivity index (χ3n) is 4.69. The maximum atomic E-state index is 12.3. The van der Waals surface area contributed by atoms with Gasteiger partial charge in [0.1, 0.15) is 11.6 Å². The van der Waals surface area contributed by atoms with Gasteiger partial charge in [0.05, 0.1) is 4.88 Å². The molecule has 0 radical (unpaired) electrons. The molecule has 3 N–H and O–H groups in total. The Bertz CT molecular complexity index is 1170. The highest BCUT2D eigenvalue weighted by Crippen LogP contribution is 2.18. The lowest BCUT2D eigenvalue weighted by Crippen LogP contribution is -2.18. The highest BCUT2D eigenvalue weighted by Gasteiger charge is 2.13. The molecule has 0 saturated heterocycles. The average Bonchev–Trinajstić information content (AvgIpc) is 3.24. The van der Waals surface area contributed by atoms with Crippen LogP contribution in [0.4, 0.5) is 11.4 Å². The molecular formula is C22H20N4O3S. The molecule has 0 aliphatic rings. The van der Waals surface area contributed by atoms with Crippen molar-refractivity contribution in [3.8, 4) is 6.07 Å². The number of amides is 2. The van der Waals surface area contributed by atoms with Crippen LogP contribution in [0.2, 0.25) is 0 Å². The summed E-state index contributed by atoms with van der Waals surface area (Å²) in [6.45, 7) is 3.48. The minimum atomic E-state index is -0.410. The molecule has 30 heavy (non-hydrogen) atoms. The number of H-pyrrole nitrogens is 1. The van der Waals surface area contributed by atoms with Crippen molar-refractivity contribution in [1.29, 1.82) is 5.26 Å². The lowest BCUT2D eigenvalue weighted by atomic mass is 9.99. The van der Waals surface area contributed by atoms with Gasteiger partial charge in [0.2, 0.25) is 5.91 Å². The molecule has 0 fully saturated rings. The fourth-order valence-electron chi connectivity index (χ4n) is 3.12. The summed E-state index contributed by atoms with van der Waals surface area (Å²) in [6.07, 6.45) is 0.610. The van der Waals surface area contributed by atoms with E-state index in [1.54, 1.807) is 44.2 Å². The van der Waals surface area contributed by atoms with E-state index >= 15 is 0 Å². The van der Waals surface area contributed by atoms with Crippen LogP contribution >= 0.6 is 11.3 Å². The van der Waals surface area contributed by atoms with Crippen molar-refractivity contribution in [3.63, 3.8) is 0 Å². The van der Waals surface area contributed by atoms with Crippen molar-refractivity contribution in [3.05, 3.63) is 79.4 Å². The fraction of sp³-hybridized carbons (Fsp3) is 0.182. The van der Waals surface area contributed by atoms with Gasteiger partial charge in [-0.1, -0.05) is 6.07 Å². The molecule has 0 unspecified atom stereocenters. The van der Waals surface area contributed by atoms with Gasteiger partial charge in [-0.25, -0.2) is 0 Å². The SMILES string of the molecule is Cc1[nH]c(=O)c(C#N)c(C)c1CCC(=O)Nc1ccc(NC(=O)c2cccs2)cc1. The van der Waals surface area contributed by atoms with E-state index in [2.05, 4.69) is 15.6 Å². The summed E-state index contributed by atoms with van der Waals surface area (Å²) in [7, 11) is 0. The normalized spacial score (nSPS) is 10.3. The Morgan fingerprint density at radius 2 is 1.77 bits per heavy atom. The Kier molecular flexibility index (Phi) is 6.45. The van der Waals surface area contributed by atoms with Crippen molar-refractivity contribution >= 4 is 34.5 Å². The van der Waals surface area contributed by atoms with Gasteiger partial charge >= 0.3 is 0 Å². The van der Waals surface area contributed by atoms with Gasteiger partial charge in [0.25, 0.3) is 11.5 Å². The van der Waals surface area contributed by atoms with Crippen LogP contribution < -0.4 is 16.2 Å². The Morgan fingerprint density at radius 1 is 1.10 bits per heavy atom. The first kappa shape index (κ1) is 21.0. The lowest BCUT2D eigenvalue weighted by Gasteiger charge is -2.11. The molecule has 0 aliphatic heterocycles. The first-order valence-electron chi connectivity index (χ1n) is 9.26. The second kappa shape index (κ2) is 9.20. The standard InChI is InChI=1S/C22H20N4O3S/c1-13-17(14(2)24-21(28)18(13)12-23)9-10-20(27)25-15-5-7-16(8-6-15)26-22(29)19-4-3-11-30-19/h3-8,11H,9-10H2,1-2H3,(H,24,28)(H,25,27)(H,26,29). The second-order valence-corrected chi connectivity index (χ2v) is 7.67. The van der Waals surface area contributed by atoms with Crippen molar-refractivity contribution in [2.24, 2.45) is 0 Å². The Balaban J connectivity index is 1.59. The van der Waals surface area contributed by atoms with Crippen LogP contribution in [0.3, 0.4) is 0 Å². The average molecular weight is 420 g/mol. The fourth-order valence-corrected chi connectivity index (χ4v) is 3.74. The number of nitriles is 1. The molecule has 3 rings (SSSR count). The molecule has 1 aromatic carbocycles. The minimum absolute atomic E-state index is 0.0798. The van der Waals surface area contributed by atoms with Crippen molar-refractivity contribution in [2.75, 3.05) is 10.6 Å². The smallest absolute Gasteiger partial charge is 0.266 e. The molecule has 152 valence electrons. The third-order valence-corrected chi connectivity index (χ3v) is 5.56. The zero-order valence-electron chi connectivity index (χ0n) is 16.5. The number of anilines is 2. The van der Waals surface area contributed by atoms with Crippen LogP contribution in [-0.2, 0) is 11.2 Å². The number of aryl methyl sites for hydroxylation is 1. The number of nitrogens with zero attached hydrogens (tertiary/aromatic N) is 1. The number of carbonyl (C=O) groups excluding carboxylic acids is 2. The summed E-state index contributed by atoms with van der Waals surface area (Å²) in [4.78, 5) is 39.5. The summed E-state index contributed by atoms with van der Waals surface area (Å²) in [5.41, 5.74) is 2.99. The minimum Gasteiger partial charge on any atom is -0.326 e. The Labute approximate surface area is 177 Å². The van der Waals surface area contributed by atoms with Crippen LogP contribution in [0.5, 0.6) is 0 Å². The van der Waals surface area contributed by atoms with Crippen molar-refractivity contribution in [1.82, 2.24) is 4.98 Å². The molecule has 7 nitrogen and oxygen atoms in total. The van der Waals surface area contributed by atoms with Crippen LogP contribution in [0.25, 0.3) is 0 Å². The lowest BCUT2D eigenvalue weighted by molar-refractivity contribution is -0.116. The van der Waals surface area contributed by atoms with Crippen molar-refractivity contribution < 1.29 is 9.59 Å². The number of hydrogen-bond acceptors (Lipinski definition) is 5. The van der Waals surface area contributed by atoms with E-state index in [1.165, 1.54) is 11.3 Å². The summed E-state index contributed by atoms with van der Waals surface area (Å²) >= 11 is 1.36. The number of thiophene rings is 1.